The molecule has 0 saturated heterocycles. The second-order valence-electron chi connectivity index (χ2n) is 3.82. The van der Waals surface area contributed by atoms with Gasteiger partial charge in [0, 0.05) is 12.3 Å². The molecule has 0 aliphatic rings. The van der Waals surface area contributed by atoms with Crippen molar-refractivity contribution in [3.63, 3.8) is 0 Å². The lowest BCUT2D eigenvalue weighted by Crippen LogP contribution is -1.89. The molecule has 0 aliphatic carbocycles. The van der Waals surface area contributed by atoms with Gasteiger partial charge in [0.2, 0.25) is 0 Å². The molecule has 0 fully saturated rings. The van der Waals surface area contributed by atoms with Gasteiger partial charge in [0.15, 0.2) is 0 Å². The van der Waals surface area contributed by atoms with Crippen molar-refractivity contribution in [3.8, 4) is 11.8 Å². The minimum atomic E-state index is 0.614. The summed E-state index contributed by atoms with van der Waals surface area (Å²) >= 11 is 0. The lowest BCUT2D eigenvalue weighted by atomic mass is 10.0. The molecule has 0 bridgehead atoms. The van der Waals surface area contributed by atoms with E-state index in [4.69, 9.17) is 0 Å². The van der Waals surface area contributed by atoms with Crippen LogP contribution in [0.5, 0.6) is 0 Å². The summed E-state index contributed by atoms with van der Waals surface area (Å²) in [4.78, 5) is 0. The van der Waals surface area contributed by atoms with E-state index in [2.05, 4.69) is 32.6 Å². The van der Waals surface area contributed by atoms with Crippen molar-refractivity contribution < 1.29 is 0 Å². The molecule has 0 rings (SSSR count). The third-order valence-corrected chi connectivity index (χ3v) is 2.24. The van der Waals surface area contributed by atoms with E-state index in [-0.39, 0.29) is 0 Å². The Labute approximate surface area is 84.1 Å². The summed E-state index contributed by atoms with van der Waals surface area (Å²) < 4.78 is 0. The van der Waals surface area contributed by atoms with Crippen molar-refractivity contribution in [2.24, 2.45) is 5.92 Å². The Kier molecular flexibility index (Phi) is 9.32. The molecule has 0 aromatic carbocycles. The Morgan fingerprint density at radius 2 is 1.69 bits per heavy atom. The standard InChI is InChI=1S/C13H24/c1-4-6-8-10-12-13(3)11-9-7-5-2/h13H,4-9,11H2,1-3H3. The summed E-state index contributed by atoms with van der Waals surface area (Å²) in [7, 11) is 0. The molecule has 0 heterocycles. The van der Waals surface area contributed by atoms with Crippen molar-refractivity contribution in [1.29, 1.82) is 0 Å². The summed E-state index contributed by atoms with van der Waals surface area (Å²) in [6, 6.07) is 0. The Morgan fingerprint density at radius 1 is 1.00 bits per heavy atom. The number of unbranched alkanes of at least 4 members (excludes halogenated alkanes) is 4. The van der Waals surface area contributed by atoms with Crippen LogP contribution in [0, 0.1) is 17.8 Å². The Morgan fingerprint density at radius 3 is 2.31 bits per heavy atom. The molecular weight excluding hydrogens is 156 g/mol. The van der Waals surface area contributed by atoms with Crippen molar-refractivity contribution in [2.75, 3.05) is 0 Å². The molecule has 0 aromatic heterocycles. The lowest BCUT2D eigenvalue weighted by Gasteiger charge is -2.01. The lowest BCUT2D eigenvalue weighted by molar-refractivity contribution is 0.588. The van der Waals surface area contributed by atoms with Crippen LogP contribution < -0.4 is 0 Å². The first kappa shape index (κ1) is 12.6. The van der Waals surface area contributed by atoms with Crippen LogP contribution in [0.4, 0.5) is 0 Å². The first-order chi connectivity index (χ1) is 6.31. The normalized spacial score (nSPS) is 11.9. The zero-order valence-electron chi connectivity index (χ0n) is 9.53. The van der Waals surface area contributed by atoms with Crippen molar-refractivity contribution in [2.45, 2.75) is 65.7 Å². The highest BCUT2D eigenvalue weighted by Crippen LogP contribution is 2.07. The van der Waals surface area contributed by atoms with Gasteiger partial charge in [0.25, 0.3) is 0 Å². The van der Waals surface area contributed by atoms with Gasteiger partial charge in [-0.15, -0.1) is 11.8 Å². The minimum Gasteiger partial charge on any atom is -0.103 e. The predicted octanol–water partition coefficient (Wildman–Crippen LogP) is 4.40. The summed E-state index contributed by atoms with van der Waals surface area (Å²) in [6.07, 6.45) is 8.92. The molecule has 0 amide bonds. The van der Waals surface area contributed by atoms with Gasteiger partial charge in [-0.2, -0.15) is 0 Å². The van der Waals surface area contributed by atoms with Crippen molar-refractivity contribution >= 4 is 0 Å². The summed E-state index contributed by atoms with van der Waals surface area (Å²) in [5.74, 6) is 7.20. The van der Waals surface area contributed by atoms with Gasteiger partial charge in [-0.1, -0.05) is 46.5 Å². The average molecular weight is 180 g/mol. The fraction of sp³-hybridized carbons (Fsp3) is 0.846. The van der Waals surface area contributed by atoms with Gasteiger partial charge in [-0.3, -0.25) is 0 Å². The van der Waals surface area contributed by atoms with Crippen LogP contribution in [-0.4, -0.2) is 0 Å². The van der Waals surface area contributed by atoms with Crippen LogP contribution in [0.2, 0.25) is 0 Å². The maximum absolute atomic E-state index is 3.33. The van der Waals surface area contributed by atoms with Gasteiger partial charge in [-0.05, 0) is 12.8 Å². The van der Waals surface area contributed by atoms with E-state index in [1.54, 1.807) is 0 Å². The Bertz CT molecular complexity index is 147. The summed E-state index contributed by atoms with van der Waals surface area (Å²) in [5, 5.41) is 0. The molecule has 76 valence electrons. The van der Waals surface area contributed by atoms with Crippen LogP contribution in [-0.2, 0) is 0 Å². The number of rotatable bonds is 6. The summed E-state index contributed by atoms with van der Waals surface area (Å²) in [5.41, 5.74) is 0. The average Bonchev–Trinajstić information content (AvgIpc) is 2.13. The fourth-order valence-electron chi connectivity index (χ4n) is 1.28. The molecule has 0 saturated carbocycles. The first-order valence-corrected chi connectivity index (χ1v) is 5.79. The second kappa shape index (κ2) is 9.65. The highest BCUT2D eigenvalue weighted by molar-refractivity contribution is 5.02. The first-order valence-electron chi connectivity index (χ1n) is 5.79. The molecule has 1 unspecified atom stereocenters. The fourth-order valence-corrected chi connectivity index (χ4v) is 1.28. The van der Waals surface area contributed by atoms with E-state index in [1.807, 2.05) is 0 Å². The van der Waals surface area contributed by atoms with Crippen LogP contribution in [0.3, 0.4) is 0 Å². The smallest absolute Gasteiger partial charge is 0.0174 e. The van der Waals surface area contributed by atoms with E-state index in [0.29, 0.717) is 5.92 Å². The quantitative estimate of drug-likeness (QED) is 0.420. The highest BCUT2D eigenvalue weighted by Gasteiger charge is 1.95. The monoisotopic (exact) mass is 180 g/mol. The maximum Gasteiger partial charge on any atom is 0.0174 e. The molecule has 1 atom stereocenters. The van der Waals surface area contributed by atoms with E-state index >= 15 is 0 Å². The Balaban J connectivity index is 3.35. The molecule has 0 nitrogen and oxygen atoms in total. The van der Waals surface area contributed by atoms with Crippen molar-refractivity contribution in [1.82, 2.24) is 0 Å². The zero-order chi connectivity index (χ0) is 9.94. The molecule has 0 radical (unpaired) electrons. The SMILES string of the molecule is CCCCC#CC(C)CCCCC. The molecule has 13 heavy (non-hydrogen) atoms. The Hall–Kier alpha value is -0.440. The van der Waals surface area contributed by atoms with Gasteiger partial charge < -0.3 is 0 Å². The van der Waals surface area contributed by atoms with E-state index in [1.165, 1.54) is 38.5 Å². The third-order valence-electron chi connectivity index (χ3n) is 2.24. The highest BCUT2D eigenvalue weighted by atomic mass is 14.0. The van der Waals surface area contributed by atoms with E-state index in [9.17, 15) is 0 Å². The zero-order valence-corrected chi connectivity index (χ0v) is 9.53. The molecule has 0 heteroatoms. The maximum atomic E-state index is 3.33. The predicted molar refractivity (Wildman–Crippen MR) is 60.6 cm³/mol. The van der Waals surface area contributed by atoms with Gasteiger partial charge in [-0.25, -0.2) is 0 Å². The number of hydrogen-bond acceptors (Lipinski definition) is 0. The third kappa shape index (κ3) is 9.47. The van der Waals surface area contributed by atoms with Gasteiger partial charge in [0.05, 0.1) is 0 Å². The van der Waals surface area contributed by atoms with Crippen LogP contribution in [0.15, 0.2) is 0 Å². The summed E-state index contributed by atoms with van der Waals surface area (Å²) in [6.45, 7) is 6.71. The molecular formula is C13H24. The van der Waals surface area contributed by atoms with E-state index < -0.39 is 0 Å². The topological polar surface area (TPSA) is 0 Å². The minimum absolute atomic E-state index is 0.614. The van der Waals surface area contributed by atoms with Gasteiger partial charge >= 0.3 is 0 Å². The van der Waals surface area contributed by atoms with Crippen LogP contribution >= 0.6 is 0 Å². The van der Waals surface area contributed by atoms with Crippen molar-refractivity contribution in [3.05, 3.63) is 0 Å². The molecule has 0 N–H and O–H groups in total. The number of hydrogen-bond donors (Lipinski definition) is 0. The molecule has 0 aliphatic heterocycles. The molecule has 0 aromatic rings. The van der Waals surface area contributed by atoms with E-state index in [0.717, 1.165) is 6.42 Å². The van der Waals surface area contributed by atoms with Gasteiger partial charge in [0.1, 0.15) is 0 Å². The van der Waals surface area contributed by atoms with Crippen LogP contribution in [0.1, 0.15) is 65.7 Å². The molecule has 0 spiro atoms. The largest absolute Gasteiger partial charge is 0.103 e. The second-order valence-corrected chi connectivity index (χ2v) is 3.82. The van der Waals surface area contributed by atoms with Crippen LogP contribution in [0.25, 0.3) is 0 Å².